The van der Waals surface area contributed by atoms with E-state index in [4.69, 9.17) is 0 Å². The van der Waals surface area contributed by atoms with Gasteiger partial charge in [0.15, 0.2) is 0 Å². The molecule has 1 heterocycles. The first-order valence-corrected chi connectivity index (χ1v) is 11.2. The van der Waals surface area contributed by atoms with Crippen molar-refractivity contribution in [3.8, 4) is 0 Å². The van der Waals surface area contributed by atoms with E-state index >= 15 is 0 Å². The standard InChI is InChI=1S/C22H31N3O2S/c1-16(2)17(3)25-14-19-9-7-11-22(21(19)15-25)23-13-18-8-6-10-20(12-18)28(26,27)24(4)5/h6-12,16-17,23H,13-15H2,1-5H3. The van der Waals surface area contributed by atoms with E-state index in [0.717, 1.165) is 24.3 Å². The predicted octanol–water partition coefficient (Wildman–Crippen LogP) is 3.91. The van der Waals surface area contributed by atoms with Crippen LogP contribution in [0.2, 0.25) is 0 Å². The lowest BCUT2D eigenvalue weighted by Gasteiger charge is -2.27. The number of nitrogens with zero attached hydrogens (tertiary/aromatic N) is 2. The average molecular weight is 402 g/mol. The molecule has 0 saturated carbocycles. The van der Waals surface area contributed by atoms with E-state index in [2.05, 4.69) is 49.2 Å². The number of hydrogen-bond acceptors (Lipinski definition) is 4. The van der Waals surface area contributed by atoms with Crippen LogP contribution in [-0.4, -0.2) is 37.8 Å². The summed E-state index contributed by atoms with van der Waals surface area (Å²) in [6.07, 6.45) is 0. The van der Waals surface area contributed by atoms with Crippen molar-refractivity contribution < 1.29 is 8.42 Å². The molecule has 0 spiro atoms. The molecule has 0 aliphatic carbocycles. The fraction of sp³-hybridized carbons (Fsp3) is 0.455. The largest absolute Gasteiger partial charge is 0.381 e. The van der Waals surface area contributed by atoms with Gasteiger partial charge in [-0.05, 0) is 47.7 Å². The molecule has 28 heavy (non-hydrogen) atoms. The van der Waals surface area contributed by atoms with Gasteiger partial charge in [-0.2, -0.15) is 0 Å². The van der Waals surface area contributed by atoms with Crippen LogP contribution in [0.1, 0.15) is 37.5 Å². The maximum absolute atomic E-state index is 12.4. The van der Waals surface area contributed by atoms with Crippen molar-refractivity contribution in [1.29, 1.82) is 0 Å². The second kappa shape index (κ2) is 8.23. The van der Waals surface area contributed by atoms with Gasteiger partial charge in [0.25, 0.3) is 0 Å². The Bertz CT molecular complexity index is 939. The Balaban J connectivity index is 1.75. The third kappa shape index (κ3) is 4.24. The van der Waals surface area contributed by atoms with Gasteiger partial charge in [0.2, 0.25) is 10.0 Å². The van der Waals surface area contributed by atoms with Crippen molar-refractivity contribution in [3.63, 3.8) is 0 Å². The predicted molar refractivity (Wildman–Crippen MR) is 115 cm³/mol. The van der Waals surface area contributed by atoms with Crippen LogP contribution in [-0.2, 0) is 29.7 Å². The van der Waals surface area contributed by atoms with E-state index in [1.165, 1.54) is 15.4 Å². The molecular weight excluding hydrogens is 370 g/mol. The highest BCUT2D eigenvalue weighted by Crippen LogP contribution is 2.32. The maximum Gasteiger partial charge on any atom is 0.242 e. The molecule has 1 aliphatic heterocycles. The lowest BCUT2D eigenvalue weighted by atomic mass is 10.1. The second-order valence-corrected chi connectivity index (χ2v) is 10.3. The van der Waals surface area contributed by atoms with Gasteiger partial charge < -0.3 is 5.32 Å². The Morgan fingerprint density at radius 1 is 1.07 bits per heavy atom. The van der Waals surface area contributed by atoms with Crippen LogP contribution in [0.25, 0.3) is 0 Å². The van der Waals surface area contributed by atoms with Crippen LogP contribution in [0.3, 0.4) is 0 Å². The lowest BCUT2D eigenvalue weighted by molar-refractivity contribution is 0.170. The Labute approximate surface area is 169 Å². The van der Waals surface area contributed by atoms with Crippen LogP contribution in [0.4, 0.5) is 5.69 Å². The first kappa shape index (κ1) is 20.8. The molecule has 152 valence electrons. The lowest BCUT2D eigenvalue weighted by Crippen LogP contribution is -2.32. The number of sulfonamides is 1. The van der Waals surface area contributed by atoms with Crippen LogP contribution in [0.15, 0.2) is 47.4 Å². The molecule has 0 aromatic heterocycles. The highest BCUT2D eigenvalue weighted by atomic mass is 32.2. The van der Waals surface area contributed by atoms with Crippen molar-refractivity contribution >= 4 is 15.7 Å². The molecule has 3 rings (SSSR count). The molecule has 2 aromatic rings. The molecular formula is C22H31N3O2S. The molecule has 2 aromatic carbocycles. The summed E-state index contributed by atoms with van der Waals surface area (Å²) in [7, 11) is -0.312. The van der Waals surface area contributed by atoms with E-state index in [0.29, 0.717) is 23.4 Å². The monoisotopic (exact) mass is 401 g/mol. The van der Waals surface area contributed by atoms with Crippen molar-refractivity contribution in [1.82, 2.24) is 9.21 Å². The third-order valence-corrected chi connectivity index (χ3v) is 7.52. The Morgan fingerprint density at radius 2 is 1.79 bits per heavy atom. The number of nitrogens with one attached hydrogen (secondary N) is 1. The molecule has 0 fully saturated rings. The Morgan fingerprint density at radius 3 is 2.46 bits per heavy atom. The Hall–Kier alpha value is -1.89. The summed E-state index contributed by atoms with van der Waals surface area (Å²) in [4.78, 5) is 2.84. The molecule has 5 nitrogen and oxygen atoms in total. The molecule has 0 amide bonds. The summed E-state index contributed by atoms with van der Waals surface area (Å²) in [6.45, 7) is 9.35. The smallest absolute Gasteiger partial charge is 0.242 e. The first-order valence-electron chi connectivity index (χ1n) is 9.80. The zero-order valence-electron chi connectivity index (χ0n) is 17.4. The van der Waals surface area contributed by atoms with Crippen molar-refractivity contribution in [3.05, 3.63) is 59.2 Å². The van der Waals surface area contributed by atoms with Crippen molar-refractivity contribution in [2.75, 3.05) is 19.4 Å². The SMILES string of the molecule is CC(C)C(C)N1Cc2cccc(NCc3cccc(S(=O)(=O)N(C)C)c3)c2C1. The average Bonchev–Trinajstić information content (AvgIpc) is 3.10. The molecule has 1 unspecified atom stereocenters. The number of anilines is 1. The van der Waals surface area contributed by atoms with E-state index in [9.17, 15) is 8.42 Å². The van der Waals surface area contributed by atoms with Gasteiger partial charge in [0.1, 0.15) is 0 Å². The van der Waals surface area contributed by atoms with Crippen molar-refractivity contribution in [2.45, 2.75) is 51.3 Å². The van der Waals surface area contributed by atoms with Crippen LogP contribution >= 0.6 is 0 Å². The summed E-state index contributed by atoms with van der Waals surface area (Å²) in [6, 6.07) is 14.1. The fourth-order valence-corrected chi connectivity index (χ4v) is 4.52. The number of hydrogen-bond donors (Lipinski definition) is 1. The van der Waals surface area contributed by atoms with E-state index in [-0.39, 0.29) is 0 Å². The molecule has 0 saturated heterocycles. The number of fused-ring (bicyclic) bond motifs is 1. The van der Waals surface area contributed by atoms with E-state index < -0.39 is 10.0 Å². The molecule has 1 N–H and O–H groups in total. The van der Waals surface area contributed by atoms with E-state index in [1.54, 1.807) is 32.3 Å². The number of benzene rings is 2. The van der Waals surface area contributed by atoms with E-state index in [1.807, 2.05) is 6.07 Å². The minimum Gasteiger partial charge on any atom is -0.381 e. The van der Waals surface area contributed by atoms with Crippen LogP contribution < -0.4 is 5.32 Å². The van der Waals surface area contributed by atoms with Crippen molar-refractivity contribution in [2.24, 2.45) is 5.92 Å². The summed E-state index contributed by atoms with van der Waals surface area (Å²) >= 11 is 0. The quantitative estimate of drug-likeness (QED) is 0.764. The third-order valence-electron chi connectivity index (χ3n) is 5.71. The summed E-state index contributed by atoms with van der Waals surface area (Å²) < 4.78 is 26.0. The van der Waals surface area contributed by atoms with Gasteiger partial charge in [-0.15, -0.1) is 0 Å². The van der Waals surface area contributed by atoms with Gasteiger partial charge in [-0.25, -0.2) is 12.7 Å². The highest BCUT2D eigenvalue weighted by Gasteiger charge is 2.26. The van der Waals surface area contributed by atoms with Gasteiger partial charge in [0.05, 0.1) is 4.90 Å². The number of rotatable bonds is 7. The molecule has 0 bridgehead atoms. The van der Waals surface area contributed by atoms with Gasteiger partial charge in [-0.3, -0.25) is 4.90 Å². The summed E-state index contributed by atoms with van der Waals surface area (Å²) in [5.74, 6) is 0.618. The molecule has 6 heteroatoms. The van der Waals surface area contributed by atoms with Gasteiger partial charge in [-0.1, -0.05) is 38.1 Å². The van der Waals surface area contributed by atoms with Crippen LogP contribution in [0.5, 0.6) is 0 Å². The van der Waals surface area contributed by atoms with Gasteiger partial charge in [0, 0.05) is 45.5 Å². The maximum atomic E-state index is 12.4. The van der Waals surface area contributed by atoms with Gasteiger partial charge >= 0.3 is 0 Å². The zero-order chi connectivity index (χ0) is 20.5. The molecule has 0 radical (unpaired) electrons. The summed E-state index contributed by atoms with van der Waals surface area (Å²) in [5.41, 5.74) is 4.82. The zero-order valence-corrected chi connectivity index (χ0v) is 18.3. The second-order valence-electron chi connectivity index (χ2n) is 8.12. The summed E-state index contributed by atoms with van der Waals surface area (Å²) in [5, 5.41) is 3.52. The molecule has 1 aliphatic rings. The topological polar surface area (TPSA) is 52.7 Å². The normalized spacial score (nSPS) is 15.8. The minimum atomic E-state index is -3.42. The van der Waals surface area contributed by atoms with Crippen LogP contribution in [0, 0.1) is 5.92 Å². The minimum absolute atomic E-state index is 0.326. The Kier molecular flexibility index (Phi) is 6.12. The highest BCUT2D eigenvalue weighted by molar-refractivity contribution is 7.89. The fourth-order valence-electron chi connectivity index (χ4n) is 3.55. The molecule has 1 atom stereocenters. The first-order chi connectivity index (χ1) is 13.2.